The Morgan fingerprint density at radius 2 is 1.61 bits per heavy atom. The molecule has 0 spiro atoms. The van der Waals surface area contributed by atoms with E-state index in [9.17, 15) is 0 Å². The maximum absolute atomic E-state index is 6.01. The molecule has 0 radical (unpaired) electrons. The molecule has 1 fully saturated rings. The highest BCUT2D eigenvalue weighted by Gasteiger charge is 2.34. The minimum Gasteiger partial charge on any atom is -0.370 e. The predicted octanol–water partition coefficient (Wildman–Crippen LogP) is 3.34. The fourth-order valence-corrected chi connectivity index (χ4v) is 2.05. The smallest absolute Gasteiger partial charge is 0.111 e. The average molecular weight is 240 g/mol. The molecule has 0 N–H and O–H groups in total. The van der Waals surface area contributed by atoms with Crippen LogP contribution in [0.25, 0.3) is 0 Å². The molecule has 0 bridgehead atoms. The summed E-state index contributed by atoms with van der Waals surface area (Å²) in [5, 5.41) is 0. The highest BCUT2D eigenvalue weighted by Crippen LogP contribution is 2.31. The van der Waals surface area contributed by atoms with Crippen molar-refractivity contribution in [3.63, 3.8) is 0 Å². The fraction of sp³-hybridized carbons (Fsp3) is 0.250. The summed E-state index contributed by atoms with van der Waals surface area (Å²) in [6.45, 7) is 1.43. The fourth-order valence-electron chi connectivity index (χ4n) is 2.05. The van der Waals surface area contributed by atoms with Gasteiger partial charge in [0, 0.05) is 0 Å². The number of hydrogen-bond acceptors (Lipinski definition) is 2. The lowest BCUT2D eigenvalue weighted by Gasteiger charge is -2.16. The van der Waals surface area contributed by atoms with Crippen molar-refractivity contribution in [3.8, 4) is 0 Å². The van der Waals surface area contributed by atoms with Gasteiger partial charge in [-0.3, -0.25) is 0 Å². The standard InChI is InChI=1S/C16H16O2/c1-3-7-13(8-4-1)11-18-16(15-12-17-15)14-9-5-2-6-10-14/h1-10,15-16H,11-12H2/t15-,16+/m0/s1. The van der Waals surface area contributed by atoms with E-state index in [0.717, 1.165) is 6.61 Å². The largest absolute Gasteiger partial charge is 0.370 e. The van der Waals surface area contributed by atoms with E-state index in [4.69, 9.17) is 9.47 Å². The second-order valence-electron chi connectivity index (χ2n) is 4.50. The van der Waals surface area contributed by atoms with Gasteiger partial charge in [0.25, 0.3) is 0 Å². The zero-order valence-electron chi connectivity index (χ0n) is 10.2. The predicted molar refractivity (Wildman–Crippen MR) is 70.2 cm³/mol. The van der Waals surface area contributed by atoms with Crippen LogP contribution in [0, 0.1) is 0 Å². The van der Waals surface area contributed by atoms with Crippen LogP contribution in [0.3, 0.4) is 0 Å². The third-order valence-corrected chi connectivity index (χ3v) is 3.10. The minimum absolute atomic E-state index is 0.0476. The second-order valence-corrected chi connectivity index (χ2v) is 4.50. The number of epoxide rings is 1. The molecule has 2 heteroatoms. The van der Waals surface area contributed by atoms with E-state index < -0.39 is 0 Å². The zero-order valence-corrected chi connectivity index (χ0v) is 10.2. The van der Waals surface area contributed by atoms with Gasteiger partial charge in [0.1, 0.15) is 12.2 Å². The number of benzene rings is 2. The van der Waals surface area contributed by atoms with Crippen LogP contribution in [-0.4, -0.2) is 12.7 Å². The summed E-state index contributed by atoms with van der Waals surface area (Å²) in [5.41, 5.74) is 2.38. The van der Waals surface area contributed by atoms with Gasteiger partial charge < -0.3 is 9.47 Å². The van der Waals surface area contributed by atoms with E-state index in [0.29, 0.717) is 6.61 Å². The number of ether oxygens (including phenoxy) is 2. The van der Waals surface area contributed by atoms with Crippen molar-refractivity contribution < 1.29 is 9.47 Å². The monoisotopic (exact) mass is 240 g/mol. The Hall–Kier alpha value is -1.64. The SMILES string of the molecule is c1ccc(CO[C@H](c2ccccc2)[C@@H]2CO2)cc1. The molecular formula is C16H16O2. The average Bonchev–Trinajstić information content (AvgIpc) is 3.26. The summed E-state index contributed by atoms with van der Waals surface area (Å²) in [5.74, 6) is 0. The summed E-state index contributed by atoms with van der Waals surface area (Å²) in [6, 6.07) is 20.5. The first-order chi connectivity index (χ1) is 8.93. The van der Waals surface area contributed by atoms with Crippen LogP contribution in [-0.2, 0) is 16.1 Å². The van der Waals surface area contributed by atoms with Crippen molar-refractivity contribution in [1.29, 1.82) is 0 Å². The molecule has 1 aliphatic heterocycles. The van der Waals surface area contributed by atoms with Crippen LogP contribution in [0.15, 0.2) is 60.7 Å². The molecule has 3 rings (SSSR count). The Morgan fingerprint density at radius 3 is 2.22 bits per heavy atom. The summed E-state index contributed by atoms with van der Waals surface area (Å²) < 4.78 is 11.4. The van der Waals surface area contributed by atoms with Crippen molar-refractivity contribution in [3.05, 3.63) is 71.8 Å². The van der Waals surface area contributed by atoms with Crippen molar-refractivity contribution in [2.75, 3.05) is 6.61 Å². The molecule has 0 unspecified atom stereocenters. The van der Waals surface area contributed by atoms with Gasteiger partial charge in [-0.05, 0) is 11.1 Å². The lowest BCUT2D eigenvalue weighted by atomic mass is 10.1. The van der Waals surface area contributed by atoms with Crippen molar-refractivity contribution >= 4 is 0 Å². The molecule has 2 aromatic rings. The van der Waals surface area contributed by atoms with Gasteiger partial charge in [-0.15, -0.1) is 0 Å². The quantitative estimate of drug-likeness (QED) is 0.748. The Morgan fingerprint density at radius 1 is 1.00 bits per heavy atom. The van der Waals surface area contributed by atoms with Gasteiger partial charge in [-0.2, -0.15) is 0 Å². The summed E-state index contributed by atoms with van der Waals surface area (Å²) in [4.78, 5) is 0. The van der Waals surface area contributed by atoms with Crippen molar-refractivity contribution in [1.82, 2.24) is 0 Å². The third kappa shape index (κ3) is 2.78. The normalized spacial score (nSPS) is 19.4. The molecule has 1 heterocycles. The lowest BCUT2D eigenvalue weighted by Crippen LogP contribution is -2.10. The van der Waals surface area contributed by atoms with Gasteiger partial charge >= 0.3 is 0 Å². The Balaban J connectivity index is 1.68. The van der Waals surface area contributed by atoms with Gasteiger partial charge in [0.05, 0.1) is 13.2 Å². The van der Waals surface area contributed by atoms with Crippen LogP contribution in [0.2, 0.25) is 0 Å². The molecule has 18 heavy (non-hydrogen) atoms. The molecule has 2 atom stereocenters. The summed E-state index contributed by atoms with van der Waals surface area (Å²) in [7, 11) is 0. The molecule has 2 nitrogen and oxygen atoms in total. The van der Waals surface area contributed by atoms with Crippen LogP contribution < -0.4 is 0 Å². The van der Waals surface area contributed by atoms with E-state index in [2.05, 4.69) is 24.3 Å². The van der Waals surface area contributed by atoms with Gasteiger partial charge in [-0.25, -0.2) is 0 Å². The molecule has 0 saturated carbocycles. The van der Waals surface area contributed by atoms with E-state index in [1.807, 2.05) is 36.4 Å². The van der Waals surface area contributed by atoms with Crippen molar-refractivity contribution in [2.24, 2.45) is 0 Å². The molecule has 1 saturated heterocycles. The number of rotatable bonds is 5. The Labute approximate surface area is 107 Å². The Bertz CT molecular complexity index is 477. The van der Waals surface area contributed by atoms with Crippen LogP contribution in [0.1, 0.15) is 17.2 Å². The molecule has 0 aliphatic carbocycles. The minimum atomic E-state index is 0.0476. The van der Waals surface area contributed by atoms with E-state index in [1.165, 1.54) is 11.1 Å². The first-order valence-electron chi connectivity index (χ1n) is 6.25. The van der Waals surface area contributed by atoms with Gasteiger partial charge in [0.2, 0.25) is 0 Å². The molecule has 0 aromatic heterocycles. The molecule has 92 valence electrons. The molecule has 2 aromatic carbocycles. The first-order valence-corrected chi connectivity index (χ1v) is 6.25. The summed E-state index contributed by atoms with van der Waals surface area (Å²) >= 11 is 0. The van der Waals surface area contributed by atoms with Gasteiger partial charge in [0.15, 0.2) is 0 Å². The van der Waals surface area contributed by atoms with Crippen LogP contribution in [0.5, 0.6) is 0 Å². The van der Waals surface area contributed by atoms with Crippen molar-refractivity contribution in [2.45, 2.75) is 18.8 Å². The lowest BCUT2D eigenvalue weighted by molar-refractivity contribution is 0.0203. The van der Waals surface area contributed by atoms with E-state index in [1.54, 1.807) is 0 Å². The third-order valence-electron chi connectivity index (χ3n) is 3.10. The van der Waals surface area contributed by atoms with Crippen LogP contribution >= 0.6 is 0 Å². The molecule has 0 amide bonds. The van der Waals surface area contributed by atoms with Crippen LogP contribution in [0.4, 0.5) is 0 Å². The van der Waals surface area contributed by atoms with E-state index in [-0.39, 0.29) is 12.2 Å². The maximum Gasteiger partial charge on any atom is 0.111 e. The highest BCUT2D eigenvalue weighted by molar-refractivity contribution is 5.20. The molecule has 1 aliphatic rings. The zero-order chi connectivity index (χ0) is 12.2. The topological polar surface area (TPSA) is 21.8 Å². The molecular weight excluding hydrogens is 224 g/mol. The number of hydrogen-bond donors (Lipinski definition) is 0. The maximum atomic E-state index is 6.01. The first kappa shape index (κ1) is 11.5. The second kappa shape index (κ2) is 5.34. The highest BCUT2D eigenvalue weighted by atomic mass is 16.6. The Kier molecular flexibility index (Phi) is 3.40. The summed E-state index contributed by atoms with van der Waals surface area (Å²) in [6.07, 6.45) is 0.266. The van der Waals surface area contributed by atoms with E-state index >= 15 is 0 Å². The van der Waals surface area contributed by atoms with Gasteiger partial charge in [-0.1, -0.05) is 60.7 Å².